The van der Waals surface area contributed by atoms with Crippen molar-refractivity contribution in [1.29, 1.82) is 0 Å². The molecule has 27 heavy (non-hydrogen) atoms. The van der Waals surface area contributed by atoms with Crippen molar-refractivity contribution in [3.8, 4) is 0 Å². The molecule has 1 aromatic carbocycles. The fraction of sp³-hybridized carbons (Fsp3) is 0.444. The van der Waals surface area contributed by atoms with Crippen LogP contribution in [0.25, 0.3) is 0 Å². The van der Waals surface area contributed by atoms with Gasteiger partial charge in [0.1, 0.15) is 12.5 Å². The zero-order valence-corrected chi connectivity index (χ0v) is 15.4. The first-order chi connectivity index (χ1) is 12.8. The van der Waals surface area contributed by atoms with E-state index in [1.165, 1.54) is 0 Å². The summed E-state index contributed by atoms with van der Waals surface area (Å²) in [4.78, 5) is 38.8. The Bertz CT molecular complexity index is 659. The molecular formula is C18H27N5O4. The smallest absolute Gasteiger partial charge is 0.312 e. The fourth-order valence-corrected chi connectivity index (χ4v) is 2.52. The zero-order valence-electron chi connectivity index (χ0n) is 15.4. The number of guanidine groups is 1. The number of carbonyl (C=O) groups excluding carboxylic acids is 2. The molecule has 2 atom stereocenters. The van der Waals surface area contributed by atoms with E-state index in [1.54, 1.807) is 0 Å². The summed E-state index contributed by atoms with van der Waals surface area (Å²) in [5.74, 6) is -2.41. The Hall–Kier alpha value is -3.10. The second-order valence-electron chi connectivity index (χ2n) is 6.24. The largest absolute Gasteiger partial charge is 0.481 e. The van der Waals surface area contributed by atoms with E-state index in [0.717, 1.165) is 5.56 Å². The van der Waals surface area contributed by atoms with Crippen LogP contribution in [-0.2, 0) is 20.8 Å². The molecule has 0 bridgehead atoms. The molecule has 0 spiro atoms. The molecule has 9 heteroatoms. The summed E-state index contributed by atoms with van der Waals surface area (Å²) >= 11 is 0. The minimum Gasteiger partial charge on any atom is -0.481 e. The highest BCUT2D eigenvalue weighted by atomic mass is 16.4. The lowest BCUT2D eigenvalue weighted by Crippen LogP contribution is -2.49. The van der Waals surface area contributed by atoms with E-state index in [1.807, 2.05) is 37.3 Å². The van der Waals surface area contributed by atoms with Crippen molar-refractivity contribution in [1.82, 2.24) is 10.6 Å². The molecule has 0 saturated carbocycles. The molecule has 0 aliphatic heterocycles. The Kier molecular flexibility index (Phi) is 9.35. The topological polar surface area (TPSA) is 160 Å². The Labute approximate surface area is 158 Å². The minimum absolute atomic E-state index is 0.0533. The highest BCUT2D eigenvalue weighted by Gasteiger charge is 2.22. The van der Waals surface area contributed by atoms with Gasteiger partial charge in [-0.1, -0.05) is 30.3 Å². The quantitative estimate of drug-likeness (QED) is 0.155. The van der Waals surface area contributed by atoms with E-state index < -0.39 is 24.3 Å². The predicted molar refractivity (Wildman–Crippen MR) is 102 cm³/mol. The van der Waals surface area contributed by atoms with Gasteiger partial charge in [-0.25, -0.2) is 0 Å². The number of benzene rings is 1. The molecule has 0 radical (unpaired) electrons. The number of amides is 2. The summed E-state index contributed by atoms with van der Waals surface area (Å²) in [7, 11) is 0. The Morgan fingerprint density at radius 3 is 2.41 bits per heavy atom. The number of rotatable bonds is 11. The number of carboxylic acid groups (broad SMARTS) is 1. The number of aliphatic imine (C=N–C) groups is 1. The van der Waals surface area contributed by atoms with E-state index in [9.17, 15) is 14.4 Å². The predicted octanol–water partition coefficient (Wildman–Crippen LogP) is -0.253. The molecule has 1 unspecified atom stereocenters. The average Bonchev–Trinajstić information content (AvgIpc) is 2.57. The minimum atomic E-state index is -1.26. The molecular weight excluding hydrogens is 350 g/mol. The molecule has 0 aliphatic carbocycles. The summed E-state index contributed by atoms with van der Waals surface area (Å²) in [5.41, 5.74) is 11.6. The van der Waals surface area contributed by atoms with Crippen LogP contribution in [0, 0.1) is 0 Å². The normalized spacial score (nSPS) is 12.5. The van der Waals surface area contributed by atoms with Crippen molar-refractivity contribution in [2.75, 3.05) is 6.54 Å². The molecule has 7 N–H and O–H groups in total. The van der Waals surface area contributed by atoms with Gasteiger partial charge in [0.25, 0.3) is 0 Å². The molecule has 1 rings (SSSR count). The first kappa shape index (κ1) is 21.9. The van der Waals surface area contributed by atoms with Crippen LogP contribution < -0.4 is 22.1 Å². The van der Waals surface area contributed by atoms with E-state index >= 15 is 0 Å². The maximum atomic E-state index is 12.5. The highest BCUT2D eigenvalue weighted by Crippen LogP contribution is 2.05. The van der Waals surface area contributed by atoms with Gasteiger partial charge in [0.15, 0.2) is 5.96 Å². The monoisotopic (exact) mass is 377 g/mol. The summed E-state index contributed by atoms with van der Waals surface area (Å²) < 4.78 is 0. The van der Waals surface area contributed by atoms with E-state index in [2.05, 4.69) is 15.6 Å². The molecule has 9 nitrogen and oxygen atoms in total. The van der Waals surface area contributed by atoms with Gasteiger partial charge in [-0.15, -0.1) is 0 Å². The average molecular weight is 377 g/mol. The van der Waals surface area contributed by atoms with Crippen LogP contribution in [0.3, 0.4) is 0 Å². The SMILES string of the molecule is C[C@H](Cc1ccccc1)NC(=O)C(CCCN=C(N)N)NC(=O)CC(=O)O. The van der Waals surface area contributed by atoms with Crippen LogP contribution in [0.4, 0.5) is 0 Å². The van der Waals surface area contributed by atoms with E-state index in [-0.39, 0.29) is 24.3 Å². The third kappa shape index (κ3) is 9.83. The van der Waals surface area contributed by atoms with Crippen LogP contribution in [0.1, 0.15) is 31.7 Å². The molecule has 0 saturated heterocycles. The van der Waals surface area contributed by atoms with Crippen molar-refractivity contribution in [3.63, 3.8) is 0 Å². The number of nitrogens with one attached hydrogen (secondary N) is 2. The summed E-state index contributed by atoms with van der Waals surface area (Å²) in [6.07, 6.45) is 0.677. The summed E-state index contributed by atoms with van der Waals surface area (Å²) in [6, 6.07) is 8.66. The van der Waals surface area contributed by atoms with Crippen LogP contribution in [-0.4, -0.2) is 47.5 Å². The van der Waals surface area contributed by atoms with Crippen molar-refractivity contribution in [2.45, 2.75) is 44.7 Å². The molecule has 148 valence electrons. The van der Waals surface area contributed by atoms with Gasteiger partial charge in [-0.3, -0.25) is 19.4 Å². The maximum Gasteiger partial charge on any atom is 0.312 e. The summed E-state index contributed by atoms with van der Waals surface area (Å²) in [5, 5.41) is 14.0. The van der Waals surface area contributed by atoms with Crippen molar-refractivity contribution in [2.24, 2.45) is 16.5 Å². The van der Waals surface area contributed by atoms with Crippen LogP contribution in [0.5, 0.6) is 0 Å². The van der Waals surface area contributed by atoms with Crippen molar-refractivity contribution < 1.29 is 19.5 Å². The molecule has 1 aromatic rings. The first-order valence-corrected chi connectivity index (χ1v) is 8.68. The Morgan fingerprint density at radius 2 is 1.81 bits per heavy atom. The second-order valence-corrected chi connectivity index (χ2v) is 6.24. The van der Waals surface area contributed by atoms with Gasteiger partial charge in [-0.05, 0) is 31.7 Å². The lowest BCUT2D eigenvalue weighted by molar-refractivity contribution is -0.141. The van der Waals surface area contributed by atoms with Gasteiger partial charge in [0.05, 0.1) is 0 Å². The lowest BCUT2D eigenvalue weighted by atomic mass is 10.1. The van der Waals surface area contributed by atoms with Gasteiger partial charge < -0.3 is 27.2 Å². The lowest BCUT2D eigenvalue weighted by Gasteiger charge is -2.21. The molecule has 0 aliphatic rings. The van der Waals surface area contributed by atoms with Gasteiger partial charge >= 0.3 is 5.97 Å². The number of hydrogen-bond donors (Lipinski definition) is 5. The third-order valence-electron chi connectivity index (χ3n) is 3.68. The standard InChI is InChI=1S/C18H27N5O4/c1-12(10-13-6-3-2-4-7-13)22-17(27)14(8-5-9-21-18(19)20)23-15(24)11-16(25)26/h2-4,6-7,12,14H,5,8-11H2,1H3,(H,22,27)(H,23,24)(H,25,26)(H4,19,20,21)/t12-,14?/m1/s1. The summed E-state index contributed by atoms with van der Waals surface area (Å²) in [6.45, 7) is 2.17. The number of nitrogens with zero attached hydrogens (tertiary/aromatic N) is 1. The van der Waals surface area contributed by atoms with E-state index in [4.69, 9.17) is 16.6 Å². The number of carboxylic acids is 1. The number of aliphatic carboxylic acids is 1. The van der Waals surface area contributed by atoms with Crippen molar-refractivity contribution >= 4 is 23.7 Å². The molecule has 0 aromatic heterocycles. The fourth-order valence-electron chi connectivity index (χ4n) is 2.52. The van der Waals surface area contributed by atoms with Crippen LogP contribution >= 0.6 is 0 Å². The number of hydrogen-bond acceptors (Lipinski definition) is 4. The third-order valence-corrected chi connectivity index (χ3v) is 3.68. The Morgan fingerprint density at radius 1 is 1.15 bits per heavy atom. The van der Waals surface area contributed by atoms with Gasteiger partial charge in [-0.2, -0.15) is 0 Å². The molecule has 2 amide bonds. The zero-order chi connectivity index (χ0) is 20.2. The molecule has 0 fully saturated rings. The van der Waals surface area contributed by atoms with Crippen molar-refractivity contribution in [3.05, 3.63) is 35.9 Å². The van der Waals surface area contributed by atoms with E-state index in [0.29, 0.717) is 19.4 Å². The van der Waals surface area contributed by atoms with Gasteiger partial charge in [0, 0.05) is 12.6 Å². The van der Waals surface area contributed by atoms with Crippen LogP contribution in [0.2, 0.25) is 0 Å². The Balaban J connectivity index is 2.64. The van der Waals surface area contributed by atoms with Gasteiger partial charge in [0.2, 0.25) is 11.8 Å². The van der Waals surface area contributed by atoms with Crippen LogP contribution in [0.15, 0.2) is 35.3 Å². The highest BCUT2D eigenvalue weighted by molar-refractivity contribution is 5.96. The first-order valence-electron chi connectivity index (χ1n) is 8.68. The number of carbonyl (C=O) groups is 3. The molecule has 0 heterocycles. The number of nitrogens with two attached hydrogens (primary N) is 2. The maximum absolute atomic E-state index is 12.5. The second kappa shape index (κ2) is 11.5.